The van der Waals surface area contributed by atoms with E-state index in [2.05, 4.69) is 17.3 Å². The van der Waals surface area contributed by atoms with E-state index in [0.717, 1.165) is 12.0 Å². The van der Waals surface area contributed by atoms with E-state index in [0.29, 0.717) is 5.92 Å². The lowest BCUT2D eigenvalue weighted by Gasteiger charge is -2.35. The third-order valence-corrected chi connectivity index (χ3v) is 4.84. The highest BCUT2D eigenvalue weighted by Crippen LogP contribution is 2.28. The summed E-state index contributed by atoms with van der Waals surface area (Å²) in [6.45, 7) is 5.57. The molecular weight excluding hydrogens is 212 g/mol. The van der Waals surface area contributed by atoms with Gasteiger partial charge in [0.15, 0.2) is 0 Å². The second kappa shape index (κ2) is 6.17. The Morgan fingerprint density at radius 3 is 2.53 bits per heavy atom. The van der Waals surface area contributed by atoms with E-state index in [1.54, 1.807) is 0 Å². The fourth-order valence-corrected chi connectivity index (χ4v) is 3.58. The van der Waals surface area contributed by atoms with E-state index >= 15 is 0 Å². The molecule has 0 bridgehead atoms. The average Bonchev–Trinajstić information content (AvgIpc) is 2.77. The molecule has 0 spiro atoms. The summed E-state index contributed by atoms with van der Waals surface area (Å²) in [5.74, 6) is 1.39. The number of aliphatic hydroxyl groups is 1. The second-order valence-electron chi connectivity index (χ2n) is 5.96. The van der Waals surface area contributed by atoms with Crippen molar-refractivity contribution in [2.24, 2.45) is 11.8 Å². The summed E-state index contributed by atoms with van der Waals surface area (Å²) in [7, 11) is 2.10. The smallest absolute Gasteiger partial charge is 0.0541 e. The maximum Gasteiger partial charge on any atom is 0.0541 e. The van der Waals surface area contributed by atoms with Crippen LogP contribution >= 0.6 is 0 Å². The lowest BCUT2D eigenvalue weighted by atomic mass is 9.91. The van der Waals surface area contributed by atoms with Crippen LogP contribution in [-0.4, -0.2) is 48.8 Å². The zero-order valence-corrected chi connectivity index (χ0v) is 11.4. The molecule has 1 aliphatic carbocycles. The molecule has 1 saturated carbocycles. The van der Waals surface area contributed by atoms with E-state index in [1.165, 1.54) is 51.7 Å². The van der Waals surface area contributed by atoms with Crippen molar-refractivity contribution in [3.63, 3.8) is 0 Å². The molecule has 0 aromatic carbocycles. The maximum atomic E-state index is 9.60. The molecule has 0 aromatic heterocycles. The molecule has 1 aliphatic heterocycles. The predicted octanol–water partition coefficient (Wildman–Crippen LogP) is 1.47. The third-order valence-electron chi connectivity index (χ3n) is 4.84. The molecule has 3 nitrogen and oxygen atoms in total. The van der Waals surface area contributed by atoms with Crippen molar-refractivity contribution < 1.29 is 5.11 Å². The standard InChI is InChI=1S/C14H28N2O/c1-11(17)12-6-8-16(9-7-12)10-13-4-3-5-14(13)15-2/h11-15,17H,3-10H2,1-2H3. The Labute approximate surface area is 106 Å². The SMILES string of the molecule is CNC1CCCC1CN1CCC(C(C)O)CC1. The molecular formula is C14H28N2O. The number of nitrogens with one attached hydrogen (secondary N) is 1. The Balaban J connectivity index is 1.74. The minimum atomic E-state index is -0.117. The Morgan fingerprint density at radius 2 is 1.94 bits per heavy atom. The highest BCUT2D eigenvalue weighted by molar-refractivity contribution is 4.86. The summed E-state index contributed by atoms with van der Waals surface area (Å²) in [4.78, 5) is 2.61. The van der Waals surface area contributed by atoms with Gasteiger partial charge in [-0.2, -0.15) is 0 Å². The van der Waals surface area contributed by atoms with E-state index in [1.807, 2.05) is 6.92 Å². The fourth-order valence-electron chi connectivity index (χ4n) is 3.58. The monoisotopic (exact) mass is 240 g/mol. The van der Waals surface area contributed by atoms with Gasteiger partial charge in [0, 0.05) is 12.6 Å². The Kier molecular flexibility index (Phi) is 4.83. The van der Waals surface area contributed by atoms with Gasteiger partial charge in [0.2, 0.25) is 0 Å². The van der Waals surface area contributed by atoms with Crippen molar-refractivity contribution in [2.75, 3.05) is 26.7 Å². The minimum Gasteiger partial charge on any atom is -0.393 e. The zero-order valence-electron chi connectivity index (χ0n) is 11.4. The number of nitrogens with zero attached hydrogens (tertiary/aromatic N) is 1. The van der Waals surface area contributed by atoms with Crippen LogP contribution in [-0.2, 0) is 0 Å². The first-order valence-corrected chi connectivity index (χ1v) is 7.28. The van der Waals surface area contributed by atoms with Gasteiger partial charge in [0.1, 0.15) is 0 Å². The van der Waals surface area contributed by atoms with Crippen LogP contribution in [0.5, 0.6) is 0 Å². The first-order valence-electron chi connectivity index (χ1n) is 7.28. The molecule has 3 heteroatoms. The fraction of sp³-hybridized carbons (Fsp3) is 1.00. The van der Waals surface area contributed by atoms with Crippen LogP contribution in [0.15, 0.2) is 0 Å². The lowest BCUT2D eigenvalue weighted by Crippen LogP contribution is -2.42. The molecule has 1 saturated heterocycles. The molecule has 3 unspecified atom stereocenters. The Bertz CT molecular complexity index is 224. The van der Waals surface area contributed by atoms with Gasteiger partial charge in [-0.1, -0.05) is 6.42 Å². The largest absolute Gasteiger partial charge is 0.393 e. The van der Waals surface area contributed by atoms with E-state index in [4.69, 9.17) is 0 Å². The molecule has 17 heavy (non-hydrogen) atoms. The van der Waals surface area contributed by atoms with Crippen LogP contribution in [0.25, 0.3) is 0 Å². The van der Waals surface area contributed by atoms with Crippen molar-refractivity contribution >= 4 is 0 Å². The number of likely N-dealkylation sites (tertiary alicyclic amines) is 1. The zero-order chi connectivity index (χ0) is 12.3. The maximum absolute atomic E-state index is 9.60. The summed E-state index contributed by atoms with van der Waals surface area (Å²) in [6, 6.07) is 0.740. The van der Waals surface area contributed by atoms with Crippen LogP contribution in [0.4, 0.5) is 0 Å². The molecule has 2 fully saturated rings. The van der Waals surface area contributed by atoms with Crippen molar-refractivity contribution in [3.05, 3.63) is 0 Å². The van der Waals surface area contributed by atoms with E-state index in [-0.39, 0.29) is 6.10 Å². The number of hydrogen-bond acceptors (Lipinski definition) is 3. The Hall–Kier alpha value is -0.120. The quantitative estimate of drug-likeness (QED) is 0.781. The number of rotatable bonds is 4. The van der Waals surface area contributed by atoms with Gasteiger partial charge >= 0.3 is 0 Å². The molecule has 2 rings (SSSR count). The normalized spacial score (nSPS) is 34.1. The van der Waals surface area contributed by atoms with E-state index < -0.39 is 0 Å². The van der Waals surface area contributed by atoms with Crippen LogP contribution in [0.1, 0.15) is 39.0 Å². The molecule has 0 aromatic rings. The molecule has 1 heterocycles. The lowest BCUT2D eigenvalue weighted by molar-refractivity contribution is 0.0653. The first-order chi connectivity index (χ1) is 8.20. The summed E-state index contributed by atoms with van der Waals surface area (Å²) < 4.78 is 0. The molecule has 3 atom stereocenters. The summed E-state index contributed by atoms with van der Waals surface area (Å²) in [5.41, 5.74) is 0. The molecule has 0 amide bonds. The Morgan fingerprint density at radius 1 is 1.24 bits per heavy atom. The van der Waals surface area contributed by atoms with Crippen molar-refractivity contribution in [3.8, 4) is 0 Å². The summed E-state index contributed by atoms with van der Waals surface area (Å²) in [6.07, 6.45) is 6.37. The number of hydrogen-bond donors (Lipinski definition) is 2. The summed E-state index contributed by atoms with van der Waals surface area (Å²) in [5, 5.41) is 13.1. The number of piperidine rings is 1. The van der Waals surface area contributed by atoms with Gasteiger partial charge < -0.3 is 15.3 Å². The van der Waals surface area contributed by atoms with E-state index in [9.17, 15) is 5.11 Å². The molecule has 100 valence electrons. The minimum absolute atomic E-state index is 0.117. The summed E-state index contributed by atoms with van der Waals surface area (Å²) >= 11 is 0. The van der Waals surface area contributed by atoms with Crippen LogP contribution in [0.2, 0.25) is 0 Å². The van der Waals surface area contributed by atoms with Gasteiger partial charge in [-0.15, -0.1) is 0 Å². The topological polar surface area (TPSA) is 35.5 Å². The third kappa shape index (κ3) is 3.43. The van der Waals surface area contributed by atoms with Gasteiger partial charge in [-0.05, 0) is 64.6 Å². The number of aliphatic hydroxyl groups excluding tert-OH is 1. The molecule has 2 aliphatic rings. The van der Waals surface area contributed by atoms with Crippen molar-refractivity contribution in [2.45, 2.75) is 51.2 Å². The van der Waals surface area contributed by atoms with Gasteiger partial charge in [0.25, 0.3) is 0 Å². The predicted molar refractivity (Wildman–Crippen MR) is 71.0 cm³/mol. The first kappa shape index (κ1) is 13.3. The van der Waals surface area contributed by atoms with Crippen LogP contribution < -0.4 is 5.32 Å². The van der Waals surface area contributed by atoms with Gasteiger partial charge in [0.05, 0.1) is 6.10 Å². The highest BCUT2D eigenvalue weighted by atomic mass is 16.3. The van der Waals surface area contributed by atoms with Crippen LogP contribution in [0, 0.1) is 11.8 Å². The molecule has 2 N–H and O–H groups in total. The highest BCUT2D eigenvalue weighted by Gasteiger charge is 2.29. The average molecular weight is 240 g/mol. The van der Waals surface area contributed by atoms with Gasteiger partial charge in [-0.3, -0.25) is 0 Å². The van der Waals surface area contributed by atoms with Gasteiger partial charge in [-0.25, -0.2) is 0 Å². The molecule has 0 radical (unpaired) electrons. The van der Waals surface area contributed by atoms with Crippen molar-refractivity contribution in [1.82, 2.24) is 10.2 Å². The second-order valence-corrected chi connectivity index (χ2v) is 5.96. The van der Waals surface area contributed by atoms with Crippen molar-refractivity contribution in [1.29, 1.82) is 0 Å². The van der Waals surface area contributed by atoms with Crippen LogP contribution in [0.3, 0.4) is 0 Å².